The number of anilines is 1. The van der Waals surface area contributed by atoms with Crippen LogP contribution in [0.3, 0.4) is 0 Å². The third-order valence-corrected chi connectivity index (χ3v) is 3.99. The van der Waals surface area contributed by atoms with Gasteiger partial charge < -0.3 is 5.32 Å². The van der Waals surface area contributed by atoms with Crippen LogP contribution < -0.4 is 10.2 Å². The zero-order chi connectivity index (χ0) is 15.6. The van der Waals surface area contributed by atoms with Gasteiger partial charge in [-0.2, -0.15) is 0 Å². The number of halogens is 1. The maximum atomic E-state index is 12.8. The molecule has 2 rings (SSSR count). The van der Waals surface area contributed by atoms with Crippen molar-refractivity contribution in [2.45, 2.75) is 45.7 Å². The quantitative estimate of drug-likeness (QED) is 0.929. The van der Waals surface area contributed by atoms with Crippen molar-refractivity contribution in [3.8, 4) is 0 Å². The lowest BCUT2D eigenvalue weighted by Crippen LogP contribution is -2.63. The number of amides is 2. The van der Waals surface area contributed by atoms with Crippen LogP contribution in [0.25, 0.3) is 0 Å². The SMILES string of the molecule is CCC1C(=O)NC(CC(C)C)C(=O)N1c1ccccc1Cl. The summed E-state index contributed by atoms with van der Waals surface area (Å²) in [5.41, 5.74) is 0.611. The lowest BCUT2D eigenvalue weighted by molar-refractivity contribution is -0.134. The van der Waals surface area contributed by atoms with Crippen LogP contribution in [0.4, 0.5) is 5.69 Å². The molecule has 1 heterocycles. The number of hydrogen-bond acceptors (Lipinski definition) is 2. The van der Waals surface area contributed by atoms with Gasteiger partial charge in [0.05, 0.1) is 10.7 Å². The van der Waals surface area contributed by atoms with Gasteiger partial charge in [-0.3, -0.25) is 14.5 Å². The van der Waals surface area contributed by atoms with Crippen LogP contribution >= 0.6 is 11.6 Å². The summed E-state index contributed by atoms with van der Waals surface area (Å²) < 4.78 is 0. The van der Waals surface area contributed by atoms with E-state index in [1.54, 1.807) is 17.0 Å². The standard InChI is InChI=1S/C16H21ClN2O2/c1-4-13-15(20)18-12(9-10(2)3)16(21)19(13)14-8-6-5-7-11(14)17/h5-8,10,12-13H,4,9H2,1-3H3,(H,18,20). The Morgan fingerprint density at radius 1 is 1.29 bits per heavy atom. The van der Waals surface area contributed by atoms with Gasteiger partial charge in [0.15, 0.2) is 0 Å². The number of rotatable bonds is 4. The van der Waals surface area contributed by atoms with Crippen LogP contribution in [0, 0.1) is 5.92 Å². The molecule has 1 fully saturated rings. The summed E-state index contributed by atoms with van der Waals surface area (Å²) in [7, 11) is 0. The molecular weight excluding hydrogens is 288 g/mol. The first-order chi connectivity index (χ1) is 9.95. The summed E-state index contributed by atoms with van der Waals surface area (Å²) >= 11 is 6.22. The third-order valence-electron chi connectivity index (χ3n) is 3.67. The second-order valence-corrected chi connectivity index (χ2v) is 6.18. The Hall–Kier alpha value is -1.55. The van der Waals surface area contributed by atoms with Gasteiger partial charge >= 0.3 is 0 Å². The molecule has 114 valence electrons. The molecule has 5 heteroatoms. The molecule has 2 amide bonds. The van der Waals surface area contributed by atoms with Crippen LogP contribution in [0.5, 0.6) is 0 Å². The summed E-state index contributed by atoms with van der Waals surface area (Å²) in [6, 6.07) is 6.18. The monoisotopic (exact) mass is 308 g/mol. The van der Waals surface area contributed by atoms with Gasteiger partial charge in [0.2, 0.25) is 11.8 Å². The number of para-hydroxylation sites is 1. The lowest BCUT2D eigenvalue weighted by atomic mass is 9.97. The summed E-state index contributed by atoms with van der Waals surface area (Å²) in [6.45, 7) is 5.96. The van der Waals surface area contributed by atoms with Crippen molar-refractivity contribution in [1.29, 1.82) is 0 Å². The largest absolute Gasteiger partial charge is 0.342 e. The molecule has 1 saturated heterocycles. The van der Waals surface area contributed by atoms with Gasteiger partial charge in [-0.05, 0) is 30.9 Å². The van der Waals surface area contributed by atoms with E-state index in [0.717, 1.165) is 0 Å². The zero-order valence-electron chi connectivity index (χ0n) is 12.6. The molecule has 0 radical (unpaired) electrons. The van der Waals surface area contributed by atoms with E-state index < -0.39 is 12.1 Å². The van der Waals surface area contributed by atoms with E-state index in [2.05, 4.69) is 5.32 Å². The smallest absolute Gasteiger partial charge is 0.250 e. The molecule has 1 aliphatic heterocycles. The minimum absolute atomic E-state index is 0.0803. The van der Waals surface area contributed by atoms with Crippen molar-refractivity contribution in [2.24, 2.45) is 5.92 Å². The number of benzene rings is 1. The molecule has 0 aromatic heterocycles. The van der Waals surface area contributed by atoms with Crippen LogP contribution in [-0.2, 0) is 9.59 Å². The van der Waals surface area contributed by atoms with E-state index >= 15 is 0 Å². The third kappa shape index (κ3) is 3.21. The number of nitrogens with one attached hydrogen (secondary N) is 1. The Morgan fingerprint density at radius 3 is 2.52 bits per heavy atom. The molecular formula is C16H21ClN2O2. The molecule has 1 aromatic rings. The van der Waals surface area contributed by atoms with Crippen molar-refractivity contribution < 1.29 is 9.59 Å². The minimum Gasteiger partial charge on any atom is -0.342 e. The Morgan fingerprint density at radius 2 is 1.95 bits per heavy atom. The predicted molar refractivity (Wildman–Crippen MR) is 84.4 cm³/mol. The Bertz CT molecular complexity index is 545. The topological polar surface area (TPSA) is 49.4 Å². The van der Waals surface area contributed by atoms with E-state index in [1.165, 1.54) is 0 Å². The minimum atomic E-state index is -0.499. The van der Waals surface area contributed by atoms with E-state index in [4.69, 9.17) is 11.6 Å². The van der Waals surface area contributed by atoms with Gasteiger partial charge in [-0.25, -0.2) is 0 Å². The fraction of sp³-hybridized carbons (Fsp3) is 0.500. The number of carbonyl (C=O) groups is 2. The van der Waals surface area contributed by atoms with E-state index in [1.807, 2.05) is 32.9 Å². The molecule has 0 spiro atoms. The van der Waals surface area contributed by atoms with Gasteiger partial charge in [-0.1, -0.05) is 44.5 Å². The summed E-state index contributed by atoms with van der Waals surface area (Å²) in [4.78, 5) is 26.7. The van der Waals surface area contributed by atoms with E-state index in [0.29, 0.717) is 29.5 Å². The van der Waals surface area contributed by atoms with Crippen molar-refractivity contribution in [1.82, 2.24) is 5.32 Å². The number of nitrogens with zero attached hydrogens (tertiary/aromatic N) is 1. The fourth-order valence-electron chi connectivity index (χ4n) is 2.70. The highest BCUT2D eigenvalue weighted by atomic mass is 35.5. The molecule has 0 aliphatic carbocycles. The van der Waals surface area contributed by atoms with E-state index in [-0.39, 0.29) is 11.8 Å². The van der Waals surface area contributed by atoms with E-state index in [9.17, 15) is 9.59 Å². The normalized spacial score (nSPS) is 22.6. The number of carbonyl (C=O) groups excluding carboxylic acids is 2. The molecule has 1 aliphatic rings. The van der Waals surface area contributed by atoms with Gasteiger partial charge in [0, 0.05) is 0 Å². The molecule has 2 atom stereocenters. The van der Waals surface area contributed by atoms with Gasteiger partial charge in [0.1, 0.15) is 12.1 Å². The lowest BCUT2D eigenvalue weighted by Gasteiger charge is -2.39. The zero-order valence-corrected chi connectivity index (χ0v) is 13.4. The first-order valence-electron chi connectivity index (χ1n) is 7.33. The highest BCUT2D eigenvalue weighted by Crippen LogP contribution is 2.30. The molecule has 21 heavy (non-hydrogen) atoms. The first-order valence-corrected chi connectivity index (χ1v) is 7.71. The molecule has 0 bridgehead atoms. The summed E-state index contributed by atoms with van der Waals surface area (Å²) in [5, 5.41) is 3.33. The number of hydrogen-bond donors (Lipinski definition) is 1. The fourth-order valence-corrected chi connectivity index (χ4v) is 2.93. The number of piperazine rings is 1. The van der Waals surface area contributed by atoms with Crippen molar-refractivity contribution in [3.05, 3.63) is 29.3 Å². The maximum Gasteiger partial charge on any atom is 0.250 e. The second kappa shape index (κ2) is 6.48. The highest BCUT2D eigenvalue weighted by Gasteiger charge is 2.41. The second-order valence-electron chi connectivity index (χ2n) is 5.77. The average Bonchev–Trinajstić information content (AvgIpc) is 2.42. The summed E-state index contributed by atoms with van der Waals surface area (Å²) in [5.74, 6) is 0.136. The molecule has 1 N–H and O–H groups in total. The van der Waals surface area contributed by atoms with Crippen LogP contribution in [-0.4, -0.2) is 23.9 Å². The molecule has 2 unspecified atom stereocenters. The van der Waals surface area contributed by atoms with Crippen LogP contribution in [0.15, 0.2) is 24.3 Å². The maximum absolute atomic E-state index is 12.8. The first kappa shape index (κ1) is 15.8. The van der Waals surface area contributed by atoms with Crippen molar-refractivity contribution in [3.63, 3.8) is 0 Å². The van der Waals surface area contributed by atoms with Crippen LogP contribution in [0.2, 0.25) is 5.02 Å². The predicted octanol–water partition coefficient (Wildman–Crippen LogP) is 3.00. The Balaban J connectivity index is 2.40. The average molecular weight is 309 g/mol. The van der Waals surface area contributed by atoms with Crippen molar-refractivity contribution in [2.75, 3.05) is 4.90 Å². The van der Waals surface area contributed by atoms with Crippen LogP contribution in [0.1, 0.15) is 33.6 Å². The molecule has 0 saturated carbocycles. The molecule has 4 nitrogen and oxygen atoms in total. The Kier molecular flexibility index (Phi) is 4.88. The van der Waals surface area contributed by atoms with Gasteiger partial charge in [-0.15, -0.1) is 0 Å². The summed E-state index contributed by atoms with van der Waals surface area (Å²) in [6.07, 6.45) is 1.18. The molecule has 1 aromatic carbocycles. The van der Waals surface area contributed by atoms with Crippen molar-refractivity contribution >= 4 is 29.1 Å². The Labute approximate surface area is 130 Å². The highest BCUT2D eigenvalue weighted by molar-refractivity contribution is 6.34. The van der Waals surface area contributed by atoms with Gasteiger partial charge in [0.25, 0.3) is 0 Å².